The molecule has 0 saturated carbocycles. The molecule has 4 nitrogen and oxygen atoms in total. The van der Waals surface area contributed by atoms with Crippen molar-refractivity contribution >= 4 is 11.0 Å². The van der Waals surface area contributed by atoms with Gasteiger partial charge >= 0.3 is 0 Å². The zero-order valence-corrected chi connectivity index (χ0v) is 10.1. The summed E-state index contributed by atoms with van der Waals surface area (Å²) in [5, 5.41) is 0. The molecule has 2 aromatic heterocycles. The molecule has 2 heterocycles. The van der Waals surface area contributed by atoms with Crippen LogP contribution in [0.1, 0.15) is 6.92 Å². The summed E-state index contributed by atoms with van der Waals surface area (Å²) in [7, 11) is 0. The van der Waals surface area contributed by atoms with Crippen molar-refractivity contribution < 1.29 is 4.74 Å². The Morgan fingerprint density at radius 3 is 2.94 bits per heavy atom. The number of pyridine rings is 1. The van der Waals surface area contributed by atoms with E-state index in [1.54, 1.807) is 6.20 Å². The summed E-state index contributed by atoms with van der Waals surface area (Å²) >= 11 is 0. The standard InChI is InChI=1S/C14H13N3O/c1-2-18-10-6-7-11-13(9-10)17-14(16-11)12-5-3-4-8-15-12/h3-9H,2H2,1H3,(H,16,17). The van der Waals surface area contributed by atoms with Gasteiger partial charge in [-0.25, -0.2) is 4.98 Å². The second kappa shape index (κ2) is 4.49. The molecule has 0 fully saturated rings. The molecule has 0 aliphatic rings. The number of ether oxygens (including phenoxy) is 1. The maximum Gasteiger partial charge on any atom is 0.157 e. The van der Waals surface area contributed by atoms with E-state index in [1.807, 2.05) is 43.3 Å². The van der Waals surface area contributed by atoms with Gasteiger partial charge in [-0.15, -0.1) is 0 Å². The van der Waals surface area contributed by atoms with Crippen molar-refractivity contribution in [2.45, 2.75) is 6.92 Å². The highest BCUT2D eigenvalue weighted by atomic mass is 16.5. The summed E-state index contributed by atoms with van der Waals surface area (Å²) in [6, 6.07) is 11.6. The molecule has 3 aromatic rings. The van der Waals surface area contributed by atoms with Gasteiger partial charge in [-0.05, 0) is 31.2 Å². The molecule has 1 N–H and O–H groups in total. The van der Waals surface area contributed by atoms with Crippen molar-refractivity contribution in [2.24, 2.45) is 0 Å². The van der Waals surface area contributed by atoms with Crippen molar-refractivity contribution in [3.05, 3.63) is 42.6 Å². The van der Waals surface area contributed by atoms with Crippen molar-refractivity contribution in [3.8, 4) is 17.3 Å². The Labute approximate surface area is 105 Å². The summed E-state index contributed by atoms with van der Waals surface area (Å²) < 4.78 is 5.46. The Bertz CT molecular complexity index is 661. The summed E-state index contributed by atoms with van der Waals surface area (Å²) in [6.45, 7) is 2.62. The number of nitrogens with zero attached hydrogens (tertiary/aromatic N) is 2. The zero-order chi connectivity index (χ0) is 12.4. The van der Waals surface area contributed by atoms with E-state index in [0.29, 0.717) is 6.61 Å². The first kappa shape index (κ1) is 10.8. The fourth-order valence-corrected chi connectivity index (χ4v) is 1.87. The van der Waals surface area contributed by atoms with Gasteiger partial charge in [-0.1, -0.05) is 6.07 Å². The molecule has 90 valence electrons. The number of aromatic nitrogens is 3. The van der Waals surface area contributed by atoms with E-state index in [2.05, 4.69) is 15.0 Å². The van der Waals surface area contributed by atoms with Gasteiger partial charge in [0, 0.05) is 12.3 Å². The molecule has 0 unspecified atom stereocenters. The average Bonchev–Trinajstić information content (AvgIpc) is 2.83. The Balaban J connectivity index is 2.06. The lowest BCUT2D eigenvalue weighted by Gasteiger charge is -2.00. The number of hydrogen-bond acceptors (Lipinski definition) is 3. The Morgan fingerprint density at radius 1 is 1.22 bits per heavy atom. The monoisotopic (exact) mass is 239 g/mol. The molecule has 0 saturated heterocycles. The van der Waals surface area contributed by atoms with Crippen LogP contribution in [-0.2, 0) is 0 Å². The van der Waals surface area contributed by atoms with E-state index in [1.165, 1.54) is 0 Å². The molecule has 0 atom stereocenters. The van der Waals surface area contributed by atoms with Crippen molar-refractivity contribution in [2.75, 3.05) is 6.61 Å². The minimum Gasteiger partial charge on any atom is -0.494 e. The van der Waals surface area contributed by atoms with Gasteiger partial charge in [0.25, 0.3) is 0 Å². The van der Waals surface area contributed by atoms with Gasteiger partial charge in [-0.3, -0.25) is 4.98 Å². The normalized spacial score (nSPS) is 10.7. The highest BCUT2D eigenvalue weighted by Crippen LogP contribution is 2.22. The molecule has 3 rings (SSSR count). The minimum atomic E-state index is 0.656. The van der Waals surface area contributed by atoms with E-state index in [4.69, 9.17) is 4.74 Å². The number of fused-ring (bicyclic) bond motifs is 1. The Morgan fingerprint density at radius 2 is 2.17 bits per heavy atom. The number of hydrogen-bond donors (Lipinski definition) is 1. The molecule has 0 spiro atoms. The van der Waals surface area contributed by atoms with Crippen LogP contribution in [-0.4, -0.2) is 21.6 Å². The van der Waals surface area contributed by atoms with Crippen LogP contribution in [0.3, 0.4) is 0 Å². The zero-order valence-electron chi connectivity index (χ0n) is 10.1. The van der Waals surface area contributed by atoms with Crippen molar-refractivity contribution in [1.82, 2.24) is 15.0 Å². The van der Waals surface area contributed by atoms with Gasteiger partial charge in [-0.2, -0.15) is 0 Å². The van der Waals surface area contributed by atoms with Crippen LogP contribution in [0.5, 0.6) is 5.75 Å². The largest absolute Gasteiger partial charge is 0.494 e. The first-order valence-electron chi connectivity index (χ1n) is 5.91. The number of rotatable bonds is 3. The lowest BCUT2D eigenvalue weighted by Crippen LogP contribution is -1.90. The smallest absolute Gasteiger partial charge is 0.157 e. The predicted molar refractivity (Wildman–Crippen MR) is 70.5 cm³/mol. The summed E-state index contributed by atoms with van der Waals surface area (Å²) in [5.74, 6) is 1.61. The maximum atomic E-state index is 5.46. The molecule has 0 radical (unpaired) electrons. The van der Waals surface area contributed by atoms with Crippen molar-refractivity contribution in [3.63, 3.8) is 0 Å². The van der Waals surface area contributed by atoms with Gasteiger partial charge < -0.3 is 9.72 Å². The minimum absolute atomic E-state index is 0.656. The first-order chi connectivity index (χ1) is 8.86. The van der Waals surface area contributed by atoms with E-state index < -0.39 is 0 Å². The fourth-order valence-electron chi connectivity index (χ4n) is 1.87. The summed E-state index contributed by atoms with van der Waals surface area (Å²) in [6.07, 6.45) is 1.76. The number of imidazole rings is 1. The van der Waals surface area contributed by atoms with Crippen LogP contribution in [0, 0.1) is 0 Å². The molecule has 1 aromatic carbocycles. The maximum absolute atomic E-state index is 5.46. The van der Waals surface area contributed by atoms with Gasteiger partial charge in [0.1, 0.15) is 11.4 Å². The van der Waals surface area contributed by atoms with Gasteiger partial charge in [0.15, 0.2) is 5.82 Å². The van der Waals surface area contributed by atoms with Crippen LogP contribution < -0.4 is 4.74 Å². The third-order valence-corrected chi connectivity index (χ3v) is 2.67. The van der Waals surface area contributed by atoms with Crippen LogP contribution >= 0.6 is 0 Å². The third kappa shape index (κ3) is 1.93. The molecule has 0 aliphatic carbocycles. The third-order valence-electron chi connectivity index (χ3n) is 2.67. The van der Waals surface area contributed by atoms with Crippen LogP contribution in [0.2, 0.25) is 0 Å². The van der Waals surface area contributed by atoms with Crippen molar-refractivity contribution in [1.29, 1.82) is 0 Å². The molecule has 18 heavy (non-hydrogen) atoms. The quantitative estimate of drug-likeness (QED) is 0.764. The molecular weight excluding hydrogens is 226 g/mol. The van der Waals surface area contributed by atoms with Crippen LogP contribution in [0.25, 0.3) is 22.6 Å². The van der Waals surface area contributed by atoms with Gasteiger partial charge in [0.2, 0.25) is 0 Å². The highest BCUT2D eigenvalue weighted by Gasteiger charge is 2.06. The van der Waals surface area contributed by atoms with E-state index in [-0.39, 0.29) is 0 Å². The Hall–Kier alpha value is -2.36. The average molecular weight is 239 g/mol. The molecule has 0 aliphatic heterocycles. The second-order valence-corrected chi connectivity index (χ2v) is 3.91. The van der Waals surface area contributed by atoms with Crippen LogP contribution in [0.15, 0.2) is 42.6 Å². The highest BCUT2D eigenvalue weighted by molar-refractivity contribution is 5.80. The molecule has 0 bridgehead atoms. The summed E-state index contributed by atoms with van der Waals surface area (Å²) in [4.78, 5) is 12.1. The Kier molecular flexibility index (Phi) is 2.68. The lowest BCUT2D eigenvalue weighted by molar-refractivity contribution is 0.340. The van der Waals surface area contributed by atoms with E-state index in [9.17, 15) is 0 Å². The lowest BCUT2D eigenvalue weighted by atomic mass is 10.3. The topological polar surface area (TPSA) is 50.8 Å². The summed E-state index contributed by atoms with van der Waals surface area (Å²) in [5.41, 5.74) is 2.72. The molecule has 0 amide bonds. The number of H-pyrrole nitrogens is 1. The number of nitrogens with one attached hydrogen (secondary N) is 1. The second-order valence-electron chi connectivity index (χ2n) is 3.91. The first-order valence-corrected chi connectivity index (χ1v) is 5.91. The van der Waals surface area contributed by atoms with E-state index >= 15 is 0 Å². The molecule has 4 heteroatoms. The predicted octanol–water partition coefficient (Wildman–Crippen LogP) is 3.02. The number of aromatic amines is 1. The molecular formula is C14H13N3O. The van der Waals surface area contributed by atoms with Crippen LogP contribution in [0.4, 0.5) is 0 Å². The fraction of sp³-hybridized carbons (Fsp3) is 0.143. The SMILES string of the molecule is CCOc1ccc2[nH]c(-c3ccccn3)nc2c1. The van der Waals surface area contributed by atoms with Gasteiger partial charge in [0.05, 0.1) is 17.6 Å². The van der Waals surface area contributed by atoms with E-state index in [0.717, 1.165) is 28.3 Å². The number of benzene rings is 1.